The minimum atomic E-state index is -0.701. The minimum absolute atomic E-state index is 0.00934. The van der Waals surface area contributed by atoms with Gasteiger partial charge in [-0.05, 0) is 45.3 Å². The van der Waals surface area contributed by atoms with Gasteiger partial charge in [0.25, 0.3) is 5.91 Å². The maximum atomic E-state index is 12.9. The molecule has 1 aromatic rings. The lowest BCUT2D eigenvalue weighted by Crippen LogP contribution is -2.53. The number of hydrogen-bond acceptors (Lipinski definition) is 5. The summed E-state index contributed by atoms with van der Waals surface area (Å²) in [5, 5.41) is 5.62. The third-order valence-corrected chi connectivity index (χ3v) is 4.83. The van der Waals surface area contributed by atoms with Crippen molar-refractivity contribution in [3.05, 3.63) is 24.0 Å². The van der Waals surface area contributed by atoms with Crippen molar-refractivity contribution in [2.75, 3.05) is 27.2 Å². The molecule has 8 nitrogen and oxygen atoms in total. The van der Waals surface area contributed by atoms with Gasteiger partial charge in [-0.3, -0.25) is 14.4 Å². The number of carbonyl (C=O) groups excluding carboxylic acids is 3. The molecular weight excluding hydrogens is 360 g/mol. The maximum Gasteiger partial charge on any atom is 0.253 e. The number of rotatable bonds is 10. The third kappa shape index (κ3) is 6.45. The number of carbonyl (C=O) groups is 3. The average Bonchev–Trinajstić information content (AvgIpc) is 3.27. The molecule has 1 fully saturated rings. The number of nitrogens with one attached hydrogen (secondary N) is 3. The SMILES string of the molecule is CC(C)CC[C@H](NC(=O)c1cc[nH]c1)C(=O)NC1C(=O)COC1CCN(C)C. The number of aromatic nitrogens is 1. The Labute approximate surface area is 166 Å². The predicted octanol–water partition coefficient (Wildman–Crippen LogP) is 0.954. The summed E-state index contributed by atoms with van der Waals surface area (Å²) >= 11 is 0. The number of ether oxygens (including phenoxy) is 1. The van der Waals surface area contributed by atoms with Crippen LogP contribution in [0.25, 0.3) is 0 Å². The second kappa shape index (κ2) is 10.4. The zero-order valence-electron chi connectivity index (χ0n) is 17.2. The van der Waals surface area contributed by atoms with E-state index in [1.54, 1.807) is 18.5 Å². The van der Waals surface area contributed by atoms with Gasteiger partial charge in [-0.25, -0.2) is 0 Å². The Balaban J connectivity index is 2.03. The molecule has 2 heterocycles. The summed E-state index contributed by atoms with van der Waals surface area (Å²) in [6, 6.07) is 0.282. The normalized spacial score (nSPS) is 20.6. The van der Waals surface area contributed by atoms with E-state index in [2.05, 4.69) is 29.5 Å². The van der Waals surface area contributed by atoms with E-state index >= 15 is 0 Å². The number of Topliss-reactive ketones (excluding diaryl/α,β-unsaturated/α-hetero) is 1. The molecule has 0 aliphatic carbocycles. The molecular formula is C20H32N4O4. The van der Waals surface area contributed by atoms with Crippen LogP contribution in [0.2, 0.25) is 0 Å². The molecule has 0 radical (unpaired) electrons. The highest BCUT2D eigenvalue weighted by atomic mass is 16.5. The molecule has 2 unspecified atom stereocenters. The standard InChI is InChI=1S/C20H32N4O4/c1-13(2)5-6-15(22-19(26)14-7-9-21-11-14)20(27)23-18-16(25)12-28-17(18)8-10-24(3)4/h7,9,11,13,15,17-18,21H,5-6,8,10,12H2,1-4H3,(H,22,26)(H,23,27)/t15-,17?,18?/m0/s1. The van der Waals surface area contributed by atoms with Crippen LogP contribution in [-0.4, -0.2) is 72.9 Å². The van der Waals surface area contributed by atoms with Crippen LogP contribution in [0.15, 0.2) is 18.5 Å². The first-order valence-corrected chi connectivity index (χ1v) is 9.81. The first-order valence-electron chi connectivity index (χ1n) is 9.81. The van der Waals surface area contributed by atoms with E-state index in [1.807, 2.05) is 19.0 Å². The first kappa shape index (κ1) is 22.1. The summed E-state index contributed by atoms with van der Waals surface area (Å²) in [6.45, 7) is 4.89. The summed E-state index contributed by atoms with van der Waals surface area (Å²) in [7, 11) is 3.89. The highest BCUT2D eigenvalue weighted by Crippen LogP contribution is 2.16. The monoisotopic (exact) mass is 392 g/mol. The van der Waals surface area contributed by atoms with E-state index in [0.717, 1.165) is 13.0 Å². The van der Waals surface area contributed by atoms with Gasteiger partial charge in [0.15, 0.2) is 5.78 Å². The van der Waals surface area contributed by atoms with Gasteiger partial charge >= 0.3 is 0 Å². The fraction of sp³-hybridized carbons (Fsp3) is 0.650. The van der Waals surface area contributed by atoms with Crippen LogP contribution >= 0.6 is 0 Å². The van der Waals surface area contributed by atoms with Crippen molar-refractivity contribution in [1.82, 2.24) is 20.5 Å². The average molecular weight is 393 g/mol. The van der Waals surface area contributed by atoms with E-state index in [4.69, 9.17) is 4.74 Å². The largest absolute Gasteiger partial charge is 0.368 e. The molecule has 1 aliphatic heterocycles. The van der Waals surface area contributed by atoms with Gasteiger partial charge < -0.3 is 25.3 Å². The second-order valence-electron chi connectivity index (χ2n) is 7.99. The van der Waals surface area contributed by atoms with Crippen molar-refractivity contribution in [2.45, 2.75) is 51.3 Å². The molecule has 1 saturated heterocycles. The molecule has 0 aromatic carbocycles. The molecule has 28 heavy (non-hydrogen) atoms. The fourth-order valence-electron chi connectivity index (χ4n) is 3.12. The van der Waals surface area contributed by atoms with Crippen LogP contribution < -0.4 is 10.6 Å². The van der Waals surface area contributed by atoms with E-state index < -0.39 is 12.1 Å². The summed E-state index contributed by atoms with van der Waals surface area (Å²) in [6.07, 6.45) is 4.83. The Hall–Kier alpha value is -2.19. The molecule has 8 heteroatoms. The predicted molar refractivity (Wildman–Crippen MR) is 106 cm³/mol. The maximum absolute atomic E-state index is 12.9. The highest BCUT2D eigenvalue weighted by Gasteiger charge is 2.38. The number of hydrogen-bond donors (Lipinski definition) is 3. The third-order valence-electron chi connectivity index (χ3n) is 4.83. The first-order chi connectivity index (χ1) is 13.3. The van der Waals surface area contributed by atoms with Gasteiger partial charge in [0, 0.05) is 18.9 Å². The van der Waals surface area contributed by atoms with Gasteiger partial charge in [0.2, 0.25) is 5.91 Å². The van der Waals surface area contributed by atoms with Crippen LogP contribution in [0.5, 0.6) is 0 Å². The number of ketones is 1. The van der Waals surface area contributed by atoms with E-state index in [9.17, 15) is 14.4 Å². The molecule has 0 saturated carbocycles. The molecule has 2 rings (SSSR count). The zero-order chi connectivity index (χ0) is 20.7. The molecule has 1 aliphatic rings. The topological polar surface area (TPSA) is 104 Å². The molecule has 3 atom stereocenters. The molecule has 156 valence electrons. The lowest BCUT2D eigenvalue weighted by molar-refractivity contribution is -0.127. The summed E-state index contributed by atoms with van der Waals surface area (Å²) < 4.78 is 5.56. The lowest BCUT2D eigenvalue weighted by atomic mass is 10.0. The Kier molecular flexibility index (Phi) is 8.19. The van der Waals surface area contributed by atoms with Gasteiger partial charge in [-0.1, -0.05) is 13.8 Å². The number of aromatic amines is 1. The van der Waals surface area contributed by atoms with Crippen molar-refractivity contribution in [3.8, 4) is 0 Å². The lowest BCUT2D eigenvalue weighted by Gasteiger charge is -2.24. The number of nitrogens with zero attached hydrogens (tertiary/aromatic N) is 1. The Morgan fingerprint density at radius 2 is 2.07 bits per heavy atom. The van der Waals surface area contributed by atoms with Crippen molar-refractivity contribution in [2.24, 2.45) is 5.92 Å². The molecule has 3 N–H and O–H groups in total. The molecule has 0 spiro atoms. The zero-order valence-corrected chi connectivity index (χ0v) is 17.2. The van der Waals surface area contributed by atoms with Crippen LogP contribution in [0.4, 0.5) is 0 Å². The van der Waals surface area contributed by atoms with Gasteiger partial charge in [-0.15, -0.1) is 0 Å². The smallest absolute Gasteiger partial charge is 0.253 e. The number of H-pyrrole nitrogens is 1. The summed E-state index contributed by atoms with van der Waals surface area (Å²) in [5.74, 6) is -0.396. The summed E-state index contributed by atoms with van der Waals surface area (Å²) in [4.78, 5) is 42.4. The Bertz CT molecular complexity index is 657. The highest BCUT2D eigenvalue weighted by molar-refractivity contribution is 5.98. The second-order valence-corrected chi connectivity index (χ2v) is 7.99. The Morgan fingerprint density at radius 3 is 2.68 bits per heavy atom. The van der Waals surface area contributed by atoms with Crippen LogP contribution in [0.1, 0.15) is 43.5 Å². The van der Waals surface area contributed by atoms with E-state index in [-0.39, 0.29) is 30.3 Å². The van der Waals surface area contributed by atoms with Gasteiger partial charge in [0.1, 0.15) is 18.7 Å². The molecule has 1 aromatic heterocycles. The van der Waals surface area contributed by atoms with Crippen LogP contribution in [0.3, 0.4) is 0 Å². The van der Waals surface area contributed by atoms with Gasteiger partial charge in [-0.2, -0.15) is 0 Å². The minimum Gasteiger partial charge on any atom is -0.368 e. The van der Waals surface area contributed by atoms with E-state index in [1.165, 1.54) is 0 Å². The number of amides is 2. The quantitative estimate of drug-likeness (QED) is 0.550. The fourth-order valence-corrected chi connectivity index (χ4v) is 3.12. The summed E-state index contributed by atoms with van der Waals surface area (Å²) in [5.41, 5.74) is 0.464. The van der Waals surface area contributed by atoms with Crippen molar-refractivity contribution in [3.63, 3.8) is 0 Å². The van der Waals surface area contributed by atoms with Crippen molar-refractivity contribution < 1.29 is 19.1 Å². The molecule has 0 bridgehead atoms. The van der Waals surface area contributed by atoms with Crippen LogP contribution in [-0.2, 0) is 14.3 Å². The Morgan fingerprint density at radius 1 is 1.32 bits per heavy atom. The van der Waals surface area contributed by atoms with Crippen LogP contribution in [0, 0.1) is 5.92 Å². The van der Waals surface area contributed by atoms with Gasteiger partial charge in [0.05, 0.1) is 11.7 Å². The van der Waals surface area contributed by atoms with E-state index in [0.29, 0.717) is 24.3 Å². The molecule has 2 amide bonds. The van der Waals surface area contributed by atoms with Crippen molar-refractivity contribution in [1.29, 1.82) is 0 Å². The van der Waals surface area contributed by atoms with Crippen molar-refractivity contribution >= 4 is 17.6 Å².